The number of carbonyl (C=O) groups is 1. The maximum absolute atomic E-state index is 10.7. The van der Waals surface area contributed by atoms with Crippen molar-refractivity contribution in [2.45, 2.75) is 13.3 Å². The molecule has 11 heavy (non-hydrogen) atoms. The van der Waals surface area contributed by atoms with Crippen LogP contribution in [0.1, 0.15) is 13.3 Å². The van der Waals surface area contributed by atoms with Gasteiger partial charge in [-0.1, -0.05) is 6.92 Å². The molecule has 0 aliphatic heterocycles. The van der Waals surface area contributed by atoms with E-state index in [-0.39, 0.29) is 18.0 Å². The number of carbonyl (C=O) groups excluding carboxylic acids is 1. The van der Waals surface area contributed by atoms with Crippen molar-refractivity contribution in [1.82, 2.24) is 0 Å². The summed E-state index contributed by atoms with van der Waals surface area (Å²) in [5.41, 5.74) is 0. The Morgan fingerprint density at radius 2 is 2.27 bits per heavy atom. The van der Waals surface area contributed by atoms with Crippen LogP contribution in [-0.4, -0.2) is 24.1 Å². The SMILES string of the molecule is COC(=O)C(C)CC[P+](=O)O. The van der Waals surface area contributed by atoms with Gasteiger partial charge in [-0.3, -0.25) is 4.79 Å². The molecule has 0 radical (unpaired) electrons. The van der Waals surface area contributed by atoms with Gasteiger partial charge in [-0.05, 0) is 4.57 Å². The van der Waals surface area contributed by atoms with Gasteiger partial charge in [0.2, 0.25) is 0 Å². The second kappa shape index (κ2) is 5.22. The van der Waals surface area contributed by atoms with Crippen LogP contribution in [0.5, 0.6) is 0 Å². The summed E-state index contributed by atoms with van der Waals surface area (Å²) < 4.78 is 14.6. The molecule has 0 fully saturated rings. The van der Waals surface area contributed by atoms with E-state index in [2.05, 4.69) is 4.74 Å². The van der Waals surface area contributed by atoms with Crippen molar-refractivity contribution in [3.8, 4) is 0 Å². The third kappa shape index (κ3) is 4.87. The van der Waals surface area contributed by atoms with Gasteiger partial charge in [-0.15, -0.1) is 0 Å². The fourth-order valence-corrected chi connectivity index (χ4v) is 1.23. The van der Waals surface area contributed by atoms with Crippen LogP contribution in [0, 0.1) is 5.92 Å². The zero-order valence-corrected chi connectivity index (χ0v) is 7.51. The van der Waals surface area contributed by atoms with E-state index < -0.39 is 8.03 Å². The first-order valence-corrected chi connectivity index (χ1v) is 4.69. The molecule has 4 nitrogen and oxygen atoms in total. The zero-order chi connectivity index (χ0) is 8.85. The molecule has 0 amide bonds. The summed E-state index contributed by atoms with van der Waals surface area (Å²) in [5, 5.41) is 0. The first-order chi connectivity index (χ1) is 5.07. The van der Waals surface area contributed by atoms with Crippen molar-refractivity contribution in [3.05, 3.63) is 0 Å². The van der Waals surface area contributed by atoms with Crippen molar-refractivity contribution >= 4 is 14.0 Å². The highest BCUT2D eigenvalue weighted by molar-refractivity contribution is 7.37. The van der Waals surface area contributed by atoms with Gasteiger partial charge >= 0.3 is 14.0 Å². The Labute approximate surface area is 66.4 Å². The highest BCUT2D eigenvalue weighted by Crippen LogP contribution is 2.17. The van der Waals surface area contributed by atoms with E-state index in [9.17, 15) is 9.36 Å². The van der Waals surface area contributed by atoms with E-state index in [0.29, 0.717) is 6.42 Å². The minimum absolute atomic E-state index is 0.158. The lowest BCUT2D eigenvalue weighted by atomic mass is 10.1. The van der Waals surface area contributed by atoms with E-state index in [1.54, 1.807) is 6.92 Å². The Balaban J connectivity index is 3.60. The van der Waals surface area contributed by atoms with Crippen LogP contribution in [0.3, 0.4) is 0 Å². The summed E-state index contributed by atoms with van der Waals surface area (Å²) in [5.74, 6) is -0.618. The van der Waals surface area contributed by atoms with Gasteiger partial charge < -0.3 is 4.74 Å². The van der Waals surface area contributed by atoms with Crippen LogP contribution < -0.4 is 0 Å². The van der Waals surface area contributed by atoms with E-state index in [0.717, 1.165) is 0 Å². The van der Waals surface area contributed by atoms with Crippen LogP contribution >= 0.6 is 8.03 Å². The van der Waals surface area contributed by atoms with Crippen LogP contribution in [0.15, 0.2) is 0 Å². The topological polar surface area (TPSA) is 63.6 Å². The number of hydrogen-bond acceptors (Lipinski definition) is 3. The van der Waals surface area contributed by atoms with Crippen molar-refractivity contribution in [3.63, 3.8) is 0 Å². The van der Waals surface area contributed by atoms with Crippen molar-refractivity contribution in [2.75, 3.05) is 13.3 Å². The van der Waals surface area contributed by atoms with E-state index in [1.807, 2.05) is 0 Å². The Hall–Kier alpha value is -0.470. The lowest BCUT2D eigenvalue weighted by Crippen LogP contribution is -2.13. The first-order valence-electron chi connectivity index (χ1n) is 3.29. The van der Waals surface area contributed by atoms with E-state index in [1.165, 1.54) is 7.11 Å². The molecule has 64 valence electrons. The second-order valence-electron chi connectivity index (χ2n) is 2.29. The normalized spacial score (nSPS) is 13.9. The molecular weight excluding hydrogens is 167 g/mol. The van der Waals surface area contributed by atoms with Gasteiger partial charge in [0.1, 0.15) is 0 Å². The molecule has 0 aliphatic rings. The molecule has 1 N–H and O–H groups in total. The van der Waals surface area contributed by atoms with Gasteiger partial charge in [0.05, 0.1) is 13.0 Å². The first kappa shape index (κ1) is 10.5. The van der Waals surface area contributed by atoms with Crippen LogP contribution in [-0.2, 0) is 14.1 Å². The van der Waals surface area contributed by atoms with Crippen molar-refractivity contribution in [1.29, 1.82) is 0 Å². The molecule has 0 heterocycles. The fraction of sp³-hybridized carbons (Fsp3) is 0.833. The molecule has 0 spiro atoms. The molecular formula is C6H12O4P+. The number of hydrogen-bond donors (Lipinski definition) is 1. The number of methoxy groups -OCH3 is 1. The molecule has 0 saturated heterocycles. The zero-order valence-electron chi connectivity index (χ0n) is 6.61. The van der Waals surface area contributed by atoms with E-state index in [4.69, 9.17) is 4.89 Å². The number of esters is 1. The summed E-state index contributed by atoms with van der Waals surface area (Å²) in [7, 11) is -0.817. The van der Waals surface area contributed by atoms with Crippen molar-refractivity contribution in [2.24, 2.45) is 5.92 Å². The quantitative estimate of drug-likeness (QED) is 0.514. The summed E-state index contributed by atoms with van der Waals surface area (Å²) in [6, 6.07) is 0. The molecule has 0 saturated carbocycles. The lowest BCUT2D eigenvalue weighted by molar-refractivity contribution is -0.144. The molecule has 0 aromatic rings. The average molecular weight is 179 g/mol. The maximum atomic E-state index is 10.7. The number of rotatable bonds is 4. The summed E-state index contributed by atoms with van der Waals surface area (Å²) in [6.07, 6.45) is 0.560. The summed E-state index contributed by atoms with van der Waals surface area (Å²) in [6.45, 7) is 1.67. The Bertz CT molecular complexity index is 157. The third-order valence-electron chi connectivity index (χ3n) is 1.36. The van der Waals surface area contributed by atoms with Gasteiger partial charge in [0.25, 0.3) is 0 Å². The smallest absolute Gasteiger partial charge is 0.469 e. The predicted molar refractivity (Wildman–Crippen MR) is 40.5 cm³/mol. The summed E-state index contributed by atoms with van der Waals surface area (Å²) >= 11 is 0. The van der Waals surface area contributed by atoms with Gasteiger partial charge in [-0.25, -0.2) is 0 Å². The molecule has 5 heteroatoms. The van der Waals surface area contributed by atoms with Crippen LogP contribution in [0.25, 0.3) is 0 Å². The van der Waals surface area contributed by atoms with Crippen LogP contribution in [0.4, 0.5) is 0 Å². The monoisotopic (exact) mass is 179 g/mol. The largest absolute Gasteiger partial charge is 0.505 e. The standard InChI is InChI=1S/C6H11O4P/c1-5(6(7)10-2)3-4-11(8)9/h5H,3-4H2,1-2H3/p+1. The highest BCUT2D eigenvalue weighted by atomic mass is 31.1. The fourth-order valence-electron chi connectivity index (χ4n) is 0.623. The minimum Gasteiger partial charge on any atom is -0.469 e. The van der Waals surface area contributed by atoms with Crippen LogP contribution in [0.2, 0.25) is 0 Å². The Kier molecular flexibility index (Phi) is 4.99. The molecule has 0 aromatic heterocycles. The number of ether oxygens (including phenoxy) is 1. The second-order valence-corrected chi connectivity index (χ2v) is 3.44. The maximum Gasteiger partial charge on any atom is 0.505 e. The molecule has 2 unspecified atom stereocenters. The van der Waals surface area contributed by atoms with Gasteiger partial charge in [0, 0.05) is 6.42 Å². The Morgan fingerprint density at radius 3 is 2.64 bits per heavy atom. The molecule has 2 atom stereocenters. The Morgan fingerprint density at radius 1 is 1.73 bits per heavy atom. The average Bonchev–Trinajstić information content (AvgIpc) is 1.98. The van der Waals surface area contributed by atoms with Crippen molar-refractivity contribution < 1.29 is 19.0 Å². The highest BCUT2D eigenvalue weighted by Gasteiger charge is 2.18. The lowest BCUT2D eigenvalue weighted by Gasteiger charge is -2.03. The summed E-state index contributed by atoms with van der Waals surface area (Å²) in [4.78, 5) is 19.1. The molecule has 0 aliphatic carbocycles. The predicted octanol–water partition coefficient (Wildman–Crippen LogP) is 0.920. The molecule has 0 bridgehead atoms. The van der Waals surface area contributed by atoms with Gasteiger partial charge in [-0.2, -0.15) is 4.89 Å². The minimum atomic E-state index is -2.12. The van der Waals surface area contributed by atoms with E-state index >= 15 is 0 Å². The van der Waals surface area contributed by atoms with Gasteiger partial charge in [0.15, 0.2) is 6.16 Å². The third-order valence-corrected chi connectivity index (χ3v) is 2.00. The molecule has 0 rings (SSSR count). The molecule has 0 aromatic carbocycles.